The third-order valence-electron chi connectivity index (χ3n) is 4.97. The Hall–Kier alpha value is -3.20. The first kappa shape index (κ1) is 15.1. The summed E-state index contributed by atoms with van der Waals surface area (Å²) in [5.41, 5.74) is 5.66. The van der Waals surface area contributed by atoms with Crippen LogP contribution in [0.1, 0.15) is 25.3 Å². The molecule has 5 rings (SSSR count). The summed E-state index contributed by atoms with van der Waals surface area (Å²) >= 11 is 0. The minimum atomic E-state index is 0.507. The highest BCUT2D eigenvalue weighted by atomic mass is 16.3. The van der Waals surface area contributed by atoms with Crippen molar-refractivity contribution in [1.29, 1.82) is 0 Å². The van der Waals surface area contributed by atoms with E-state index in [1.54, 1.807) is 6.33 Å². The number of hydrogen-bond donors (Lipinski definition) is 0. The summed E-state index contributed by atoms with van der Waals surface area (Å²) in [6.45, 7) is 4.39. The van der Waals surface area contributed by atoms with Gasteiger partial charge in [0.05, 0.1) is 0 Å². The highest BCUT2D eigenvalue weighted by molar-refractivity contribution is 6.10. The molecule has 0 N–H and O–H groups in total. The number of furan rings is 1. The SMILES string of the molecule is CC(C)c1ccc(-c2ncnc3c2oc2cc4ccccc4cc23)cc1. The van der Waals surface area contributed by atoms with Crippen molar-refractivity contribution < 1.29 is 4.42 Å². The van der Waals surface area contributed by atoms with Crippen molar-refractivity contribution in [1.82, 2.24) is 9.97 Å². The molecular formula is C23H18N2O. The maximum Gasteiger partial charge on any atom is 0.180 e. The molecule has 5 aromatic rings. The predicted molar refractivity (Wildman–Crippen MR) is 106 cm³/mol. The first-order valence-electron chi connectivity index (χ1n) is 8.87. The van der Waals surface area contributed by atoms with Crippen LogP contribution >= 0.6 is 0 Å². The lowest BCUT2D eigenvalue weighted by molar-refractivity contribution is 0.667. The van der Waals surface area contributed by atoms with Gasteiger partial charge >= 0.3 is 0 Å². The average molecular weight is 338 g/mol. The van der Waals surface area contributed by atoms with Crippen LogP contribution in [0.2, 0.25) is 0 Å². The standard InChI is InChI=1S/C23H18N2O/c1-14(2)15-7-9-16(10-8-15)21-23-22(25-13-24-21)19-11-17-5-3-4-6-18(17)12-20(19)26-23/h3-14H,1-2H3. The molecule has 0 aliphatic rings. The van der Waals surface area contributed by atoms with Crippen LogP contribution in [0.15, 0.2) is 71.4 Å². The highest BCUT2D eigenvalue weighted by Crippen LogP contribution is 2.35. The topological polar surface area (TPSA) is 38.9 Å². The molecule has 0 aliphatic heterocycles. The molecule has 0 bridgehead atoms. The van der Waals surface area contributed by atoms with Crippen LogP contribution in [0, 0.1) is 0 Å². The number of fused-ring (bicyclic) bond motifs is 4. The molecule has 0 amide bonds. The molecule has 0 fully saturated rings. The number of hydrogen-bond acceptors (Lipinski definition) is 3. The Morgan fingerprint density at radius 3 is 2.31 bits per heavy atom. The van der Waals surface area contributed by atoms with Crippen molar-refractivity contribution in [3.63, 3.8) is 0 Å². The average Bonchev–Trinajstić information content (AvgIpc) is 3.03. The van der Waals surface area contributed by atoms with Gasteiger partial charge in [-0.1, -0.05) is 62.4 Å². The Bertz CT molecular complexity index is 1250. The second-order valence-corrected chi connectivity index (χ2v) is 6.97. The van der Waals surface area contributed by atoms with Gasteiger partial charge in [-0.05, 0) is 34.4 Å². The summed E-state index contributed by atoms with van der Waals surface area (Å²) in [4.78, 5) is 9.01. The van der Waals surface area contributed by atoms with Gasteiger partial charge in [-0.2, -0.15) is 0 Å². The molecular weight excluding hydrogens is 320 g/mol. The first-order chi connectivity index (χ1) is 12.7. The first-order valence-corrected chi connectivity index (χ1v) is 8.87. The number of nitrogens with zero attached hydrogens (tertiary/aromatic N) is 2. The second kappa shape index (κ2) is 5.67. The van der Waals surface area contributed by atoms with Gasteiger partial charge in [0.15, 0.2) is 5.58 Å². The smallest absolute Gasteiger partial charge is 0.180 e. The maximum atomic E-state index is 6.20. The van der Waals surface area contributed by atoms with E-state index >= 15 is 0 Å². The summed E-state index contributed by atoms with van der Waals surface area (Å²) in [7, 11) is 0. The van der Waals surface area contributed by atoms with Gasteiger partial charge in [0.1, 0.15) is 23.1 Å². The molecule has 2 aromatic heterocycles. The normalized spacial score (nSPS) is 11.8. The third kappa shape index (κ3) is 2.28. The number of aromatic nitrogens is 2. The molecule has 0 atom stereocenters. The van der Waals surface area contributed by atoms with Gasteiger partial charge in [-0.15, -0.1) is 0 Å². The van der Waals surface area contributed by atoms with Crippen LogP contribution in [0.5, 0.6) is 0 Å². The molecule has 0 radical (unpaired) electrons. The van der Waals surface area contributed by atoms with Crippen molar-refractivity contribution in [2.75, 3.05) is 0 Å². The van der Waals surface area contributed by atoms with Crippen molar-refractivity contribution in [3.05, 3.63) is 72.6 Å². The lowest BCUT2D eigenvalue weighted by Gasteiger charge is -2.06. The predicted octanol–water partition coefficient (Wildman–Crippen LogP) is 6.32. The molecule has 3 nitrogen and oxygen atoms in total. The lowest BCUT2D eigenvalue weighted by atomic mass is 10.0. The van der Waals surface area contributed by atoms with Crippen LogP contribution in [-0.2, 0) is 0 Å². The summed E-state index contributed by atoms with van der Waals surface area (Å²) in [5.74, 6) is 0.507. The van der Waals surface area contributed by atoms with E-state index in [2.05, 4.69) is 72.3 Å². The van der Waals surface area contributed by atoms with Gasteiger partial charge in [-0.25, -0.2) is 9.97 Å². The third-order valence-corrected chi connectivity index (χ3v) is 4.97. The molecule has 0 aliphatic carbocycles. The molecule has 3 aromatic carbocycles. The Morgan fingerprint density at radius 1 is 0.846 bits per heavy atom. The maximum absolute atomic E-state index is 6.20. The summed E-state index contributed by atoms with van der Waals surface area (Å²) in [6.07, 6.45) is 1.62. The van der Waals surface area contributed by atoms with Gasteiger partial charge in [0.2, 0.25) is 0 Å². The minimum absolute atomic E-state index is 0.507. The summed E-state index contributed by atoms with van der Waals surface area (Å²) < 4.78 is 6.20. The van der Waals surface area contributed by atoms with E-state index in [0.717, 1.165) is 38.7 Å². The number of rotatable bonds is 2. The summed E-state index contributed by atoms with van der Waals surface area (Å²) in [6, 6.07) is 21.1. The van der Waals surface area contributed by atoms with Crippen molar-refractivity contribution in [2.24, 2.45) is 0 Å². The van der Waals surface area contributed by atoms with Crippen molar-refractivity contribution in [2.45, 2.75) is 19.8 Å². The largest absolute Gasteiger partial charge is 0.452 e. The second-order valence-electron chi connectivity index (χ2n) is 6.97. The van der Waals surface area contributed by atoms with E-state index in [1.807, 2.05) is 12.1 Å². The Balaban J connectivity index is 1.77. The fraction of sp³-hybridized carbons (Fsp3) is 0.130. The fourth-order valence-corrected chi connectivity index (χ4v) is 3.49. The van der Waals surface area contributed by atoms with E-state index in [-0.39, 0.29) is 0 Å². The van der Waals surface area contributed by atoms with E-state index in [1.165, 1.54) is 10.9 Å². The fourth-order valence-electron chi connectivity index (χ4n) is 3.49. The molecule has 26 heavy (non-hydrogen) atoms. The molecule has 0 spiro atoms. The Morgan fingerprint density at radius 2 is 1.58 bits per heavy atom. The zero-order valence-electron chi connectivity index (χ0n) is 14.7. The molecule has 126 valence electrons. The van der Waals surface area contributed by atoms with Gasteiger partial charge in [0, 0.05) is 10.9 Å². The van der Waals surface area contributed by atoms with Crippen LogP contribution < -0.4 is 0 Å². The van der Waals surface area contributed by atoms with Crippen LogP contribution in [0.4, 0.5) is 0 Å². The molecule has 3 heteroatoms. The van der Waals surface area contributed by atoms with E-state index in [4.69, 9.17) is 4.42 Å². The van der Waals surface area contributed by atoms with Crippen LogP contribution in [-0.4, -0.2) is 9.97 Å². The molecule has 2 heterocycles. The monoisotopic (exact) mass is 338 g/mol. The zero-order valence-corrected chi connectivity index (χ0v) is 14.7. The van der Waals surface area contributed by atoms with E-state index < -0.39 is 0 Å². The summed E-state index contributed by atoms with van der Waals surface area (Å²) in [5, 5.41) is 3.38. The zero-order chi connectivity index (χ0) is 17.7. The lowest BCUT2D eigenvalue weighted by Crippen LogP contribution is -1.89. The highest BCUT2D eigenvalue weighted by Gasteiger charge is 2.15. The minimum Gasteiger partial charge on any atom is -0.452 e. The van der Waals surface area contributed by atoms with Crippen LogP contribution in [0.25, 0.3) is 44.1 Å². The van der Waals surface area contributed by atoms with E-state index in [9.17, 15) is 0 Å². The van der Waals surface area contributed by atoms with E-state index in [0.29, 0.717) is 5.92 Å². The van der Waals surface area contributed by atoms with Crippen molar-refractivity contribution >= 4 is 32.8 Å². The van der Waals surface area contributed by atoms with Crippen molar-refractivity contribution in [3.8, 4) is 11.3 Å². The van der Waals surface area contributed by atoms with Gasteiger partial charge in [0.25, 0.3) is 0 Å². The Kier molecular flexibility index (Phi) is 3.29. The molecule has 0 unspecified atom stereocenters. The molecule has 0 saturated heterocycles. The Labute approximate surface area is 151 Å². The molecule has 0 saturated carbocycles. The van der Waals surface area contributed by atoms with Crippen LogP contribution in [0.3, 0.4) is 0 Å². The quantitative estimate of drug-likeness (QED) is 0.378. The van der Waals surface area contributed by atoms with Gasteiger partial charge < -0.3 is 4.42 Å². The number of benzene rings is 3. The van der Waals surface area contributed by atoms with Gasteiger partial charge in [-0.3, -0.25) is 0 Å².